The topological polar surface area (TPSA) is 39.2 Å². The van der Waals surface area contributed by atoms with E-state index in [1.165, 1.54) is 16.5 Å². The molecule has 2 nitrogen and oxygen atoms in total. The molecular formula is C13H17NO. The third-order valence-electron chi connectivity index (χ3n) is 2.80. The van der Waals surface area contributed by atoms with Crippen molar-refractivity contribution in [2.75, 3.05) is 0 Å². The van der Waals surface area contributed by atoms with E-state index in [2.05, 4.69) is 19.1 Å². The summed E-state index contributed by atoms with van der Waals surface area (Å²) in [6.07, 6.45) is 0.916. The molecule has 2 aromatic rings. The number of rotatable bonds is 2. The number of fused-ring (bicyclic) bond motifs is 1. The highest BCUT2D eigenvalue weighted by Crippen LogP contribution is 2.25. The molecule has 1 aromatic heterocycles. The van der Waals surface area contributed by atoms with Gasteiger partial charge < -0.3 is 10.2 Å². The summed E-state index contributed by atoms with van der Waals surface area (Å²) in [4.78, 5) is 0. The van der Waals surface area contributed by atoms with Crippen LogP contribution in [0.1, 0.15) is 23.8 Å². The number of hydrogen-bond donors (Lipinski definition) is 1. The van der Waals surface area contributed by atoms with Crippen LogP contribution in [0.2, 0.25) is 0 Å². The van der Waals surface area contributed by atoms with Crippen molar-refractivity contribution < 1.29 is 4.42 Å². The highest BCUT2D eigenvalue weighted by atomic mass is 16.3. The minimum absolute atomic E-state index is 0.204. The molecule has 0 aliphatic rings. The van der Waals surface area contributed by atoms with Crippen LogP contribution in [0.4, 0.5) is 0 Å². The van der Waals surface area contributed by atoms with Gasteiger partial charge in [0.05, 0.1) is 0 Å². The van der Waals surface area contributed by atoms with Crippen molar-refractivity contribution in [3.05, 3.63) is 35.1 Å². The van der Waals surface area contributed by atoms with E-state index in [0.29, 0.717) is 0 Å². The van der Waals surface area contributed by atoms with Gasteiger partial charge in [0, 0.05) is 11.4 Å². The first-order valence-electron chi connectivity index (χ1n) is 5.32. The van der Waals surface area contributed by atoms with E-state index in [4.69, 9.17) is 10.2 Å². The predicted octanol–water partition coefficient (Wildman–Crippen LogP) is 2.94. The van der Waals surface area contributed by atoms with Gasteiger partial charge in [0.25, 0.3) is 0 Å². The third kappa shape index (κ3) is 1.90. The lowest BCUT2D eigenvalue weighted by molar-refractivity contribution is 0.575. The molecule has 0 saturated carbocycles. The molecule has 1 atom stereocenters. The zero-order chi connectivity index (χ0) is 11.0. The van der Waals surface area contributed by atoms with Crippen molar-refractivity contribution >= 4 is 11.0 Å². The fourth-order valence-electron chi connectivity index (χ4n) is 1.89. The molecule has 1 aromatic carbocycles. The molecule has 1 heterocycles. The standard InChI is InChI=1S/C13H17NO/c1-8(14)6-11-4-5-13-12(7-11)9(2)10(3)15-13/h4-5,7-8H,6,14H2,1-3H3. The molecule has 0 bridgehead atoms. The van der Waals surface area contributed by atoms with E-state index in [1.54, 1.807) is 0 Å². The van der Waals surface area contributed by atoms with Crippen LogP contribution in [0.15, 0.2) is 22.6 Å². The smallest absolute Gasteiger partial charge is 0.134 e. The molecule has 0 radical (unpaired) electrons. The first kappa shape index (κ1) is 10.2. The summed E-state index contributed by atoms with van der Waals surface area (Å²) in [5.41, 5.74) is 9.27. The number of hydrogen-bond acceptors (Lipinski definition) is 2. The highest BCUT2D eigenvalue weighted by Gasteiger charge is 2.07. The Hall–Kier alpha value is -1.28. The number of aryl methyl sites for hydroxylation is 2. The summed E-state index contributed by atoms with van der Waals surface area (Å²) in [5.74, 6) is 1.00. The van der Waals surface area contributed by atoms with Crippen LogP contribution >= 0.6 is 0 Å². The molecule has 0 aliphatic carbocycles. The molecule has 0 fully saturated rings. The first-order valence-corrected chi connectivity index (χ1v) is 5.32. The lowest BCUT2D eigenvalue weighted by atomic mass is 10.0. The van der Waals surface area contributed by atoms with Gasteiger partial charge in [-0.15, -0.1) is 0 Å². The molecule has 2 N–H and O–H groups in total. The Morgan fingerprint density at radius 2 is 2.07 bits per heavy atom. The van der Waals surface area contributed by atoms with Crippen LogP contribution in [-0.2, 0) is 6.42 Å². The monoisotopic (exact) mass is 203 g/mol. The maximum atomic E-state index is 5.79. The van der Waals surface area contributed by atoms with E-state index in [9.17, 15) is 0 Å². The summed E-state index contributed by atoms with van der Waals surface area (Å²) < 4.78 is 5.63. The molecule has 0 aliphatic heterocycles. The zero-order valence-corrected chi connectivity index (χ0v) is 9.50. The summed E-state index contributed by atoms with van der Waals surface area (Å²) in [5, 5.41) is 1.21. The number of benzene rings is 1. The van der Waals surface area contributed by atoms with Gasteiger partial charge in [0.1, 0.15) is 11.3 Å². The number of nitrogens with two attached hydrogens (primary N) is 1. The van der Waals surface area contributed by atoms with Crippen molar-refractivity contribution in [2.45, 2.75) is 33.2 Å². The summed E-state index contributed by atoms with van der Waals surface area (Å²) in [6, 6.07) is 6.52. The largest absolute Gasteiger partial charge is 0.461 e. The summed E-state index contributed by atoms with van der Waals surface area (Å²) in [7, 11) is 0. The summed E-state index contributed by atoms with van der Waals surface area (Å²) in [6.45, 7) is 6.12. The fraction of sp³-hybridized carbons (Fsp3) is 0.385. The average molecular weight is 203 g/mol. The Balaban J connectivity index is 2.49. The van der Waals surface area contributed by atoms with Gasteiger partial charge in [-0.3, -0.25) is 0 Å². The molecule has 80 valence electrons. The Kier molecular flexibility index (Phi) is 2.53. The second kappa shape index (κ2) is 3.70. The van der Waals surface area contributed by atoms with Crippen LogP contribution in [0.5, 0.6) is 0 Å². The van der Waals surface area contributed by atoms with Gasteiger partial charge in [-0.2, -0.15) is 0 Å². The molecule has 0 spiro atoms. The normalized spacial score (nSPS) is 13.3. The quantitative estimate of drug-likeness (QED) is 0.815. The lowest BCUT2D eigenvalue weighted by Crippen LogP contribution is -2.17. The Bertz CT molecular complexity index is 482. The van der Waals surface area contributed by atoms with Crippen molar-refractivity contribution in [2.24, 2.45) is 5.73 Å². The van der Waals surface area contributed by atoms with Crippen molar-refractivity contribution in [3.8, 4) is 0 Å². The van der Waals surface area contributed by atoms with Gasteiger partial charge in [-0.25, -0.2) is 0 Å². The fourth-order valence-corrected chi connectivity index (χ4v) is 1.89. The molecular weight excluding hydrogens is 186 g/mol. The van der Waals surface area contributed by atoms with Crippen molar-refractivity contribution in [3.63, 3.8) is 0 Å². The van der Waals surface area contributed by atoms with E-state index >= 15 is 0 Å². The Morgan fingerprint density at radius 1 is 1.33 bits per heavy atom. The lowest BCUT2D eigenvalue weighted by Gasteiger charge is -2.04. The van der Waals surface area contributed by atoms with Crippen molar-refractivity contribution in [1.29, 1.82) is 0 Å². The second-order valence-electron chi connectivity index (χ2n) is 4.30. The molecule has 0 saturated heterocycles. The average Bonchev–Trinajstić information content (AvgIpc) is 2.43. The third-order valence-corrected chi connectivity index (χ3v) is 2.80. The van der Waals surface area contributed by atoms with Gasteiger partial charge in [-0.05, 0) is 50.5 Å². The second-order valence-corrected chi connectivity index (χ2v) is 4.30. The molecule has 0 amide bonds. The van der Waals surface area contributed by atoms with Crippen LogP contribution in [0.25, 0.3) is 11.0 Å². The minimum atomic E-state index is 0.204. The first-order chi connectivity index (χ1) is 7.08. The van der Waals surface area contributed by atoms with E-state index < -0.39 is 0 Å². The molecule has 2 heteroatoms. The van der Waals surface area contributed by atoms with Gasteiger partial charge in [-0.1, -0.05) is 6.07 Å². The maximum Gasteiger partial charge on any atom is 0.134 e. The van der Waals surface area contributed by atoms with E-state index in [0.717, 1.165) is 17.8 Å². The summed E-state index contributed by atoms with van der Waals surface area (Å²) >= 11 is 0. The van der Waals surface area contributed by atoms with E-state index in [-0.39, 0.29) is 6.04 Å². The molecule has 1 unspecified atom stereocenters. The predicted molar refractivity (Wildman–Crippen MR) is 63.0 cm³/mol. The van der Waals surface area contributed by atoms with Crippen LogP contribution < -0.4 is 5.73 Å². The zero-order valence-electron chi connectivity index (χ0n) is 9.50. The van der Waals surface area contributed by atoms with Crippen LogP contribution in [-0.4, -0.2) is 6.04 Å². The van der Waals surface area contributed by atoms with E-state index in [1.807, 2.05) is 19.9 Å². The SMILES string of the molecule is Cc1oc2ccc(CC(C)N)cc2c1C. The van der Waals surface area contributed by atoms with Crippen LogP contribution in [0.3, 0.4) is 0 Å². The Labute approximate surface area is 90.1 Å². The van der Waals surface area contributed by atoms with Crippen molar-refractivity contribution in [1.82, 2.24) is 0 Å². The minimum Gasteiger partial charge on any atom is -0.461 e. The number of furan rings is 1. The molecule has 15 heavy (non-hydrogen) atoms. The highest BCUT2D eigenvalue weighted by molar-refractivity contribution is 5.82. The Morgan fingerprint density at radius 3 is 2.73 bits per heavy atom. The molecule has 2 rings (SSSR count). The van der Waals surface area contributed by atoms with Crippen LogP contribution in [0, 0.1) is 13.8 Å². The van der Waals surface area contributed by atoms with Gasteiger partial charge in [0.15, 0.2) is 0 Å². The maximum absolute atomic E-state index is 5.79. The van der Waals surface area contributed by atoms with Gasteiger partial charge in [0.2, 0.25) is 0 Å². The van der Waals surface area contributed by atoms with Gasteiger partial charge >= 0.3 is 0 Å².